The molecule has 3 aromatic rings. The van der Waals surface area contributed by atoms with Crippen LogP contribution >= 0.6 is 0 Å². The molecule has 4 amide bonds. The number of imide groups is 1. The first-order valence-corrected chi connectivity index (χ1v) is 9.01. The molecule has 0 unspecified atom stereocenters. The summed E-state index contributed by atoms with van der Waals surface area (Å²) >= 11 is 0. The smallest absolute Gasteiger partial charge is 0.325 e. The highest BCUT2D eigenvalue weighted by Crippen LogP contribution is 2.22. The Balaban J connectivity index is 1.43. The van der Waals surface area contributed by atoms with Gasteiger partial charge in [0.1, 0.15) is 11.9 Å². The monoisotopic (exact) mass is 392 g/mol. The van der Waals surface area contributed by atoms with E-state index in [9.17, 15) is 18.8 Å². The van der Waals surface area contributed by atoms with Crippen molar-refractivity contribution in [1.82, 2.24) is 15.2 Å². The van der Waals surface area contributed by atoms with E-state index < -0.39 is 29.7 Å². The fourth-order valence-electron chi connectivity index (χ4n) is 3.28. The number of anilines is 1. The Labute approximate surface area is 165 Å². The summed E-state index contributed by atoms with van der Waals surface area (Å²) in [6.07, 6.45) is 1.45. The maximum Gasteiger partial charge on any atom is 0.325 e. The SMILES string of the molecule is O=C(C[C@H]1NC(=O)N(Cc2cccc(F)c2)C1=O)Nc1cccc2ncccc12. The van der Waals surface area contributed by atoms with Crippen molar-refractivity contribution < 1.29 is 18.8 Å². The van der Waals surface area contributed by atoms with E-state index in [2.05, 4.69) is 15.6 Å². The van der Waals surface area contributed by atoms with Crippen molar-refractivity contribution in [3.63, 3.8) is 0 Å². The topological polar surface area (TPSA) is 91.4 Å². The van der Waals surface area contributed by atoms with E-state index in [1.54, 1.807) is 30.5 Å². The van der Waals surface area contributed by atoms with Crippen molar-refractivity contribution in [2.45, 2.75) is 19.0 Å². The molecule has 29 heavy (non-hydrogen) atoms. The third kappa shape index (κ3) is 3.91. The Morgan fingerprint density at radius 3 is 2.79 bits per heavy atom. The molecule has 0 spiro atoms. The molecule has 1 fully saturated rings. The van der Waals surface area contributed by atoms with E-state index >= 15 is 0 Å². The molecule has 1 aromatic heterocycles. The number of urea groups is 1. The molecule has 1 saturated heterocycles. The quantitative estimate of drug-likeness (QED) is 0.653. The standard InChI is InChI=1S/C21H17FN4O3/c22-14-5-1-4-13(10-14)12-26-20(28)18(25-21(26)29)11-19(27)24-17-8-2-7-16-15(17)6-3-9-23-16/h1-10,18H,11-12H2,(H,24,27)(H,25,29)/t18-/m1/s1. The van der Waals surface area contributed by atoms with Gasteiger partial charge in [-0.15, -0.1) is 0 Å². The minimum atomic E-state index is -0.968. The summed E-state index contributed by atoms with van der Waals surface area (Å²) in [4.78, 5) is 42.4. The maximum atomic E-state index is 13.3. The molecule has 0 aliphatic carbocycles. The molecule has 1 aliphatic heterocycles. The molecule has 0 radical (unpaired) electrons. The highest BCUT2D eigenvalue weighted by Gasteiger charge is 2.39. The second kappa shape index (κ2) is 7.67. The lowest BCUT2D eigenvalue weighted by molar-refractivity contribution is -0.130. The zero-order valence-corrected chi connectivity index (χ0v) is 15.3. The largest absolute Gasteiger partial charge is 0.325 e. The molecule has 1 aliphatic rings. The second-order valence-electron chi connectivity index (χ2n) is 6.68. The van der Waals surface area contributed by atoms with Crippen LogP contribution in [-0.4, -0.2) is 33.8 Å². The predicted molar refractivity (Wildman–Crippen MR) is 104 cm³/mol. The molecule has 2 heterocycles. The Bertz CT molecular complexity index is 1110. The van der Waals surface area contributed by atoms with Gasteiger partial charge in [-0.25, -0.2) is 9.18 Å². The zero-order chi connectivity index (χ0) is 20.4. The number of benzene rings is 2. The number of hydrogen-bond acceptors (Lipinski definition) is 4. The van der Waals surface area contributed by atoms with Crippen LogP contribution in [0.15, 0.2) is 60.8 Å². The van der Waals surface area contributed by atoms with Crippen LogP contribution in [0.1, 0.15) is 12.0 Å². The Kier molecular flexibility index (Phi) is 4.90. The van der Waals surface area contributed by atoms with Gasteiger partial charge in [-0.3, -0.25) is 19.5 Å². The number of fused-ring (bicyclic) bond motifs is 1. The highest BCUT2D eigenvalue weighted by molar-refractivity contribution is 6.08. The number of hydrogen-bond donors (Lipinski definition) is 2. The number of nitrogens with one attached hydrogen (secondary N) is 2. The minimum Gasteiger partial charge on any atom is -0.325 e. The lowest BCUT2D eigenvalue weighted by atomic mass is 10.1. The average Bonchev–Trinajstić information content (AvgIpc) is 2.95. The summed E-state index contributed by atoms with van der Waals surface area (Å²) in [6.45, 7) is -0.0600. The molecular formula is C21H17FN4O3. The number of rotatable bonds is 5. The normalized spacial score (nSPS) is 16.2. The van der Waals surface area contributed by atoms with Crippen LogP contribution in [0.2, 0.25) is 0 Å². The van der Waals surface area contributed by atoms with Gasteiger partial charge in [0, 0.05) is 11.6 Å². The molecule has 2 aromatic carbocycles. The Hall–Kier alpha value is -3.81. The predicted octanol–water partition coefficient (Wildman–Crippen LogP) is 2.82. The van der Waals surface area contributed by atoms with E-state index in [1.165, 1.54) is 18.2 Å². The average molecular weight is 392 g/mol. The summed E-state index contributed by atoms with van der Waals surface area (Å²) in [6, 6.07) is 13.0. The third-order valence-corrected chi connectivity index (χ3v) is 4.65. The minimum absolute atomic E-state index is 0.0600. The van der Waals surface area contributed by atoms with Gasteiger partial charge in [0.25, 0.3) is 5.91 Å². The van der Waals surface area contributed by atoms with Gasteiger partial charge in [0.05, 0.1) is 24.2 Å². The molecule has 7 nitrogen and oxygen atoms in total. The van der Waals surface area contributed by atoms with E-state index in [0.717, 1.165) is 15.8 Å². The van der Waals surface area contributed by atoms with Crippen molar-refractivity contribution in [3.8, 4) is 0 Å². The highest BCUT2D eigenvalue weighted by atomic mass is 19.1. The van der Waals surface area contributed by atoms with E-state index in [1.807, 2.05) is 12.1 Å². The number of aromatic nitrogens is 1. The maximum absolute atomic E-state index is 13.3. The first kappa shape index (κ1) is 18.5. The molecule has 0 saturated carbocycles. The molecule has 0 bridgehead atoms. The fourth-order valence-corrected chi connectivity index (χ4v) is 3.28. The first-order valence-electron chi connectivity index (χ1n) is 9.01. The van der Waals surface area contributed by atoms with Crippen molar-refractivity contribution in [1.29, 1.82) is 0 Å². The van der Waals surface area contributed by atoms with Gasteiger partial charge in [-0.05, 0) is 42.0 Å². The van der Waals surface area contributed by atoms with E-state index in [-0.39, 0.29) is 13.0 Å². The zero-order valence-electron chi connectivity index (χ0n) is 15.3. The molecule has 146 valence electrons. The van der Waals surface area contributed by atoms with Gasteiger partial charge >= 0.3 is 6.03 Å². The van der Waals surface area contributed by atoms with Gasteiger partial charge in [0.2, 0.25) is 5.91 Å². The summed E-state index contributed by atoms with van der Waals surface area (Å²) in [5.74, 6) is -1.38. The lowest BCUT2D eigenvalue weighted by Crippen LogP contribution is -2.34. The van der Waals surface area contributed by atoms with E-state index in [0.29, 0.717) is 11.3 Å². The van der Waals surface area contributed by atoms with Crippen LogP contribution in [0.25, 0.3) is 10.9 Å². The van der Waals surface area contributed by atoms with Gasteiger partial charge in [-0.1, -0.05) is 18.2 Å². The molecule has 2 N–H and O–H groups in total. The third-order valence-electron chi connectivity index (χ3n) is 4.65. The first-order chi connectivity index (χ1) is 14.0. The number of nitrogens with zero attached hydrogens (tertiary/aromatic N) is 2. The van der Waals surface area contributed by atoms with Crippen molar-refractivity contribution in [2.24, 2.45) is 0 Å². The molecule has 1 atom stereocenters. The van der Waals surface area contributed by atoms with Crippen molar-refractivity contribution >= 4 is 34.4 Å². The molecular weight excluding hydrogens is 375 g/mol. The number of halogens is 1. The van der Waals surface area contributed by atoms with Crippen LogP contribution in [0, 0.1) is 5.82 Å². The summed E-state index contributed by atoms with van der Waals surface area (Å²) < 4.78 is 13.3. The van der Waals surface area contributed by atoms with Crippen LogP contribution in [0.5, 0.6) is 0 Å². The van der Waals surface area contributed by atoms with Crippen molar-refractivity contribution in [2.75, 3.05) is 5.32 Å². The number of pyridine rings is 1. The number of carbonyl (C=O) groups excluding carboxylic acids is 3. The van der Waals surface area contributed by atoms with Crippen LogP contribution in [0.3, 0.4) is 0 Å². The van der Waals surface area contributed by atoms with Crippen LogP contribution < -0.4 is 10.6 Å². The molecule has 4 rings (SSSR count). The van der Waals surface area contributed by atoms with Gasteiger partial charge in [-0.2, -0.15) is 0 Å². The summed E-state index contributed by atoms with van der Waals surface area (Å²) in [5.41, 5.74) is 1.80. The van der Waals surface area contributed by atoms with Crippen LogP contribution in [0.4, 0.5) is 14.9 Å². The van der Waals surface area contributed by atoms with Gasteiger partial charge < -0.3 is 10.6 Å². The number of amides is 4. The van der Waals surface area contributed by atoms with Gasteiger partial charge in [0.15, 0.2) is 0 Å². The van der Waals surface area contributed by atoms with Crippen molar-refractivity contribution in [3.05, 3.63) is 72.2 Å². The van der Waals surface area contributed by atoms with Crippen LogP contribution in [-0.2, 0) is 16.1 Å². The molecule has 8 heteroatoms. The number of carbonyl (C=O) groups is 3. The second-order valence-corrected chi connectivity index (χ2v) is 6.68. The Morgan fingerprint density at radius 2 is 1.97 bits per heavy atom. The van der Waals surface area contributed by atoms with E-state index in [4.69, 9.17) is 0 Å². The Morgan fingerprint density at radius 1 is 1.14 bits per heavy atom. The summed E-state index contributed by atoms with van der Waals surface area (Å²) in [7, 11) is 0. The fraction of sp³-hybridized carbons (Fsp3) is 0.143. The lowest BCUT2D eigenvalue weighted by Gasteiger charge is -2.13. The summed E-state index contributed by atoms with van der Waals surface area (Å²) in [5, 5.41) is 6.06.